The molecule has 0 aliphatic heterocycles. The SMILES string of the molecule is CCC(Oc1ccc(C)cc1C)C(=O)Nc1cccc(Oc2cc(Cl)c(O)c(NC(=O)c3cccc(NS(C)(=O)=O)c3)c2)c1. The fourth-order valence-electron chi connectivity index (χ4n) is 4.26. The van der Waals surface area contributed by atoms with Gasteiger partial charge in [0.05, 0.1) is 17.0 Å². The molecule has 0 radical (unpaired) electrons. The van der Waals surface area contributed by atoms with E-state index in [0.29, 0.717) is 23.6 Å². The Kier molecular flexibility index (Phi) is 10.0. The van der Waals surface area contributed by atoms with Gasteiger partial charge in [-0.05, 0) is 62.2 Å². The molecular weight excluding hydrogens is 606 g/mol. The zero-order chi connectivity index (χ0) is 32.0. The zero-order valence-electron chi connectivity index (χ0n) is 24.5. The number of phenolic OH excluding ortho intramolecular Hbond substituents is 1. The molecule has 4 N–H and O–H groups in total. The Morgan fingerprint density at radius 1 is 0.909 bits per heavy atom. The van der Waals surface area contributed by atoms with Crippen molar-refractivity contribution in [3.05, 3.63) is 101 Å². The fraction of sp³-hybridized carbons (Fsp3) is 0.188. The molecule has 4 rings (SSSR count). The van der Waals surface area contributed by atoms with Gasteiger partial charge in [-0.25, -0.2) is 8.42 Å². The van der Waals surface area contributed by atoms with Crippen LogP contribution in [-0.4, -0.2) is 37.7 Å². The summed E-state index contributed by atoms with van der Waals surface area (Å²) >= 11 is 6.22. The summed E-state index contributed by atoms with van der Waals surface area (Å²) < 4.78 is 37.3. The first-order chi connectivity index (χ1) is 20.8. The summed E-state index contributed by atoms with van der Waals surface area (Å²) in [4.78, 5) is 25.9. The second-order valence-corrected chi connectivity index (χ2v) is 12.3. The number of anilines is 3. The summed E-state index contributed by atoms with van der Waals surface area (Å²) in [6.45, 7) is 5.78. The van der Waals surface area contributed by atoms with Gasteiger partial charge in [-0.1, -0.05) is 48.4 Å². The molecule has 12 heteroatoms. The van der Waals surface area contributed by atoms with E-state index in [1.165, 1.54) is 36.4 Å². The van der Waals surface area contributed by atoms with Crippen LogP contribution in [0.4, 0.5) is 17.1 Å². The minimum Gasteiger partial charge on any atom is -0.504 e. The van der Waals surface area contributed by atoms with Crippen LogP contribution in [0.5, 0.6) is 23.0 Å². The van der Waals surface area contributed by atoms with Crippen molar-refractivity contribution in [2.24, 2.45) is 0 Å². The maximum absolute atomic E-state index is 13.0. The van der Waals surface area contributed by atoms with Crippen LogP contribution in [0.2, 0.25) is 5.02 Å². The van der Waals surface area contributed by atoms with Crippen molar-refractivity contribution < 1.29 is 32.6 Å². The lowest BCUT2D eigenvalue weighted by molar-refractivity contribution is -0.122. The van der Waals surface area contributed by atoms with Crippen molar-refractivity contribution in [1.29, 1.82) is 0 Å². The number of halogens is 1. The highest BCUT2D eigenvalue weighted by atomic mass is 35.5. The number of carbonyl (C=O) groups excluding carboxylic acids is 2. The normalized spacial score (nSPS) is 11.8. The average Bonchev–Trinajstić information content (AvgIpc) is 2.94. The molecule has 4 aromatic rings. The molecule has 0 aromatic heterocycles. The third kappa shape index (κ3) is 8.65. The van der Waals surface area contributed by atoms with E-state index in [2.05, 4.69) is 15.4 Å². The van der Waals surface area contributed by atoms with E-state index in [-0.39, 0.29) is 39.4 Å². The molecule has 0 bridgehead atoms. The molecule has 4 aromatic carbocycles. The molecule has 10 nitrogen and oxygen atoms in total. The topological polar surface area (TPSA) is 143 Å². The number of nitrogens with one attached hydrogen (secondary N) is 3. The molecule has 0 fully saturated rings. The van der Waals surface area contributed by atoms with Gasteiger partial charge in [-0.3, -0.25) is 14.3 Å². The lowest BCUT2D eigenvalue weighted by Gasteiger charge is -2.19. The summed E-state index contributed by atoms with van der Waals surface area (Å²) in [6.07, 6.45) is 0.735. The van der Waals surface area contributed by atoms with Gasteiger partial charge >= 0.3 is 0 Å². The Balaban J connectivity index is 1.47. The molecule has 230 valence electrons. The summed E-state index contributed by atoms with van der Waals surface area (Å²) in [5.41, 5.74) is 2.81. The third-order valence-electron chi connectivity index (χ3n) is 6.31. The highest BCUT2D eigenvalue weighted by Gasteiger charge is 2.20. The van der Waals surface area contributed by atoms with Crippen molar-refractivity contribution in [3.63, 3.8) is 0 Å². The molecule has 2 amide bonds. The van der Waals surface area contributed by atoms with Crippen LogP contribution in [0.1, 0.15) is 34.8 Å². The van der Waals surface area contributed by atoms with E-state index < -0.39 is 22.0 Å². The van der Waals surface area contributed by atoms with E-state index in [1.807, 2.05) is 39.0 Å². The number of amides is 2. The smallest absolute Gasteiger partial charge is 0.265 e. The first-order valence-corrected chi connectivity index (χ1v) is 15.8. The van der Waals surface area contributed by atoms with Crippen molar-refractivity contribution >= 4 is 50.5 Å². The number of hydrogen-bond acceptors (Lipinski definition) is 7. The Morgan fingerprint density at radius 3 is 2.34 bits per heavy atom. The minimum absolute atomic E-state index is 0.0298. The van der Waals surface area contributed by atoms with Crippen molar-refractivity contribution in [1.82, 2.24) is 0 Å². The molecule has 0 saturated carbocycles. The number of rotatable bonds is 11. The lowest BCUT2D eigenvalue weighted by Crippen LogP contribution is -2.32. The van der Waals surface area contributed by atoms with Gasteiger partial charge in [-0.2, -0.15) is 0 Å². The van der Waals surface area contributed by atoms with Gasteiger partial charge in [-0.15, -0.1) is 0 Å². The van der Waals surface area contributed by atoms with E-state index in [0.717, 1.165) is 17.4 Å². The number of phenols is 1. The quantitative estimate of drug-likeness (QED) is 0.131. The van der Waals surface area contributed by atoms with Gasteiger partial charge in [0.25, 0.3) is 11.8 Å². The Bertz CT molecular complexity index is 1810. The van der Waals surface area contributed by atoms with Crippen LogP contribution in [0.3, 0.4) is 0 Å². The number of aromatic hydroxyl groups is 1. The van der Waals surface area contributed by atoms with Gasteiger partial charge in [0.2, 0.25) is 10.0 Å². The van der Waals surface area contributed by atoms with Crippen LogP contribution in [0.25, 0.3) is 0 Å². The largest absolute Gasteiger partial charge is 0.504 e. The van der Waals surface area contributed by atoms with Crippen LogP contribution < -0.4 is 24.8 Å². The monoisotopic (exact) mass is 637 g/mol. The molecule has 0 saturated heterocycles. The summed E-state index contributed by atoms with van der Waals surface area (Å²) in [7, 11) is -3.54. The second-order valence-electron chi connectivity index (χ2n) is 10.1. The molecule has 44 heavy (non-hydrogen) atoms. The number of aryl methyl sites for hydroxylation is 2. The van der Waals surface area contributed by atoms with Crippen LogP contribution in [0.15, 0.2) is 78.9 Å². The Labute approximate surface area is 261 Å². The van der Waals surface area contributed by atoms with Gasteiger partial charge in [0.15, 0.2) is 11.9 Å². The highest BCUT2D eigenvalue weighted by Crippen LogP contribution is 2.38. The predicted molar refractivity (Wildman–Crippen MR) is 172 cm³/mol. The molecular formula is C32H32ClN3O7S. The van der Waals surface area contributed by atoms with E-state index in [9.17, 15) is 23.1 Å². The molecule has 0 aliphatic rings. The Morgan fingerprint density at radius 2 is 1.64 bits per heavy atom. The lowest BCUT2D eigenvalue weighted by atomic mass is 10.1. The van der Waals surface area contributed by atoms with Crippen LogP contribution >= 0.6 is 11.6 Å². The van der Waals surface area contributed by atoms with Gasteiger partial charge in [0, 0.05) is 35.1 Å². The number of ether oxygens (including phenoxy) is 2. The predicted octanol–water partition coefficient (Wildman–Crippen LogP) is 6.87. The molecule has 0 heterocycles. The van der Waals surface area contributed by atoms with Crippen molar-refractivity contribution in [2.45, 2.75) is 33.3 Å². The number of hydrogen-bond donors (Lipinski definition) is 4. The minimum atomic E-state index is -3.54. The van der Waals surface area contributed by atoms with Crippen molar-refractivity contribution in [3.8, 4) is 23.0 Å². The van der Waals surface area contributed by atoms with E-state index in [1.54, 1.807) is 24.3 Å². The molecule has 1 unspecified atom stereocenters. The number of benzene rings is 4. The van der Waals surface area contributed by atoms with Gasteiger partial charge < -0.3 is 25.2 Å². The first kappa shape index (κ1) is 32.2. The molecule has 1 atom stereocenters. The van der Waals surface area contributed by atoms with E-state index >= 15 is 0 Å². The third-order valence-corrected chi connectivity index (χ3v) is 7.21. The number of sulfonamides is 1. The van der Waals surface area contributed by atoms with E-state index in [4.69, 9.17) is 21.1 Å². The average molecular weight is 638 g/mol. The number of carbonyl (C=O) groups is 2. The maximum Gasteiger partial charge on any atom is 0.265 e. The van der Waals surface area contributed by atoms with Crippen molar-refractivity contribution in [2.75, 3.05) is 21.6 Å². The summed E-state index contributed by atoms with van der Waals surface area (Å²) in [6, 6.07) is 21.0. The fourth-order valence-corrected chi connectivity index (χ4v) is 5.03. The standard InChI is InChI=1S/C32H32ClN3O7S/c1-5-28(43-29-13-12-19(2)14-20(29)3)32(39)34-22-9-7-11-24(16-22)42-25-17-26(33)30(37)27(18-25)35-31(38)21-8-6-10-23(15-21)36-44(4,40)41/h6-18,28,36-37H,5H2,1-4H3,(H,34,39)(H,35,38). The van der Waals surface area contributed by atoms with Crippen LogP contribution in [0, 0.1) is 13.8 Å². The maximum atomic E-state index is 13.0. The summed E-state index contributed by atoms with van der Waals surface area (Å²) in [5, 5.41) is 15.8. The van der Waals surface area contributed by atoms with Crippen LogP contribution in [-0.2, 0) is 14.8 Å². The summed E-state index contributed by atoms with van der Waals surface area (Å²) in [5.74, 6) is -0.135. The zero-order valence-corrected chi connectivity index (χ0v) is 26.0. The second kappa shape index (κ2) is 13.7. The molecule has 0 aliphatic carbocycles. The van der Waals surface area contributed by atoms with Gasteiger partial charge in [0.1, 0.15) is 17.2 Å². The highest BCUT2D eigenvalue weighted by molar-refractivity contribution is 7.92. The first-order valence-electron chi connectivity index (χ1n) is 13.6. The molecule has 0 spiro atoms. The Hall–Kier alpha value is -4.74.